The van der Waals surface area contributed by atoms with E-state index in [1.54, 1.807) is 61.7 Å². The predicted molar refractivity (Wildman–Crippen MR) is 213 cm³/mol. The molecule has 0 atom stereocenters. The number of allylic oxidation sites excluding steroid dienone is 1. The van der Waals surface area contributed by atoms with Gasteiger partial charge in [-0.05, 0) is 84.4 Å². The molecule has 0 spiro atoms. The molecule has 1 amide bonds. The van der Waals surface area contributed by atoms with E-state index < -0.39 is 9.84 Å². The molecule has 268 valence electrons. The molecule has 0 aliphatic carbocycles. The molecule has 2 aromatic heterocycles. The van der Waals surface area contributed by atoms with Crippen molar-refractivity contribution < 1.29 is 22.7 Å². The van der Waals surface area contributed by atoms with Crippen LogP contribution < -0.4 is 10.1 Å². The topological polar surface area (TPSA) is 133 Å². The number of carbonyl (C=O) groups excluding carboxylic acids is 2. The number of thioether (sulfide) groups is 1. The third-order valence-corrected chi connectivity index (χ3v) is 10.6. The average Bonchev–Trinajstić information content (AvgIpc) is 3.63. The molecule has 54 heavy (non-hydrogen) atoms. The Morgan fingerprint density at radius 3 is 2.24 bits per heavy atom. The number of anilines is 1. The highest BCUT2D eigenvalue weighted by molar-refractivity contribution is 7.99. The fourth-order valence-electron chi connectivity index (χ4n) is 5.76. The van der Waals surface area contributed by atoms with E-state index in [-0.39, 0.29) is 22.3 Å². The van der Waals surface area contributed by atoms with Gasteiger partial charge in [0.05, 0.1) is 29.0 Å². The van der Waals surface area contributed by atoms with E-state index in [2.05, 4.69) is 15.5 Å². The summed E-state index contributed by atoms with van der Waals surface area (Å²) in [5.74, 6) is 0.930. The van der Waals surface area contributed by atoms with Gasteiger partial charge in [-0.15, -0.1) is 10.2 Å². The van der Waals surface area contributed by atoms with E-state index >= 15 is 0 Å². The lowest BCUT2D eigenvalue weighted by Crippen LogP contribution is -2.14. The van der Waals surface area contributed by atoms with Crippen molar-refractivity contribution in [1.29, 1.82) is 0 Å². The van der Waals surface area contributed by atoms with Gasteiger partial charge in [0.1, 0.15) is 5.75 Å². The maximum atomic E-state index is 13.2. The van der Waals surface area contributed by atoms with Crippen LogP contribution in [-0.4, -0.2) is 59.0 Å². The first-order chi connectivity index (χ1) is 26.2. The van der Waals surface area contributed by atoms with Gasteiger partial charge < -0.3 is 10.1 Å². The highest BCUT2D eigenvalue weighted by Crippen LogP contribution is 2.35. The molecular formula is C42H33N5O5S2. The fraction of sp³-hybridized carbons (Fsp3) is 0.0714. The molecule has 0 bridgehead atoms. The molecule has 10 nitrogen and oxygen atoms in total. The second kappa shape index (κ2) is 15.7. The zero-order chi connectivity index (χ0) is 37.7. The van der Waals surface area contributed by atoms with Crippen molar-refractivity contribution >= 4 is 56.0 Å². The van der Waals surface area contributed by atoms with Crippen molar-refractivity contribution in [1.82, 2.24) is 19.7 Å². The van der Waals surface area contributed by atoms with E-state index in [1.165, 1.54) is 24.1 Å². The summed E-state index contributed by atoms with van der Waals surface area (Å²) < 4.78 is 31.3. The number of nitrogens with zero attached hydrogens (tertiary/aromatic N) is 4. The van der Waals surface area contributed by atoms with Crippen LogP contribution >= 0.6 is 11.8 Å². The van der Waals surface area contributed by atoms with E-state index in [9.17, 15) is 18.0 Å². The Morgan fingerprint density at radius 2 is 1.54 bits per heavy atom. The van der Waals surface area contributed by atoms with Crippen LogP contribution in [0.5, 0.6) is 5.75 Å². The number of hydrogen-bond acceptors (Lipinski definition) is 9. The van der Waals surface area contributed by atoms with Crippen LogP contribution in [0.1, 0.15) is 15.9 Å². The molecule has 7 rings (SSSR count). The first-order valence-electron chi connectivity index (χ1n) is 16.8. The normalized spacial score (nSPS) is 11.5. The first kappa shape index (κ1) is 36.0. The van der Waals surface area contributed by atoms with Crippen LogP contribution in [0.15, 0.2) is 150 Å². The van der Waals surface area contributed by atoms with Crippen molar-refractivity contribution in [3.8, 4) is 34.1 Å². The Bertz CT molecular complexity index is 2610. The number of sulfone groups is 1. The average molecular weight is 752 g/mol. The van der Waals surface area contributed by atoms with E-state index in [4.69, 9.17) is 9.72 Å². The summed E-state index contributed by atoms with van der Waals surface area (Å²) in [6.45, 7) is 0. The van der Waals surface area contributed by atoms with Crippen molar-refractivity contribution in [2.24, 2.45) is 0 Å². The van der Waals surface area contributed by atoms with Crippen LogP contribution in [0.2, 0.25) is 0 Å². The van der Waals surface area contributed by atoms with Crippen molar-refractivity contribution in [2.75, 3.05) is 24.4 Å². The number of ketones is 1. The van der Waals surface area contributed by atoms with E-state index in [0.717, 1.165) is 39.0 Å². The molecule has 0 saturated heterocycles. The third-order valence-electron chi connectivity index (χ3n) is 8.51. The minimum absolute atomic E-state index is 0.0469. The number of amides is 1. The Kier molecular flexibility index (Phi) is 10.5. The van der Waals surface area contributed by atoms with Gasteiger partial charge in [-0.2, -0.15) is 0 Å². The molecular weight excluding hydrogens is 719 g/mol. The SMILES string of the molecule is COc1ccc(/C=C/C(=O)c2ccc(NC(=O)CSc3nnc(-c4cc(-c5ccc(S(C)(=O)=O)cc5)nc5ccccc45)n3-c3ccccc3)cc2)cc1. The summed E-state index contributed by atoms with van der Waals surface area (Å²) in [6, 6.07) is 40.1. The number of hydrogen-bond donors (Lipinski definition) is 1. The summed E-state index contributed by atoms with van der Waals surface area (Å²) in [7, 11) is -1.76. The molecule has 1 N–H and O–H groups in total. The lowest BCUT2D eigenvalue weighted by molar-refractivity contribution is -0.113. The number of pyridine rings is 1. The van der Waals surface area contributed by atoms with Gasteiger partial charge in [0, 0.05) is 39.7 Å². The van der Waals surface area contributed by atoms with Gasteiger partial charge in [-0.1, -0.05) is 78.5 Å². The second-order valence-electron chi connectivity index (χ2n) is 12.2. The van der Waals surface area contributed by atoms with Gasteiger partial charge >= 0.3 is 0 Å². The smallest absolute Gasteiger partial charge is 0.234 e. The third kappa shape index (κ3) is 8.15. The van der Waals surface area contributed by atoms with Crippen molar-refractivity contribution in [3.05, 3.63) is 151 Å². The molecule has 0 saturated carbocycles. The molecule has 0 aliphatic heterocycles. The Morgan fingerprint density at radius 1 is 0.833 bits per heavy atom. The zero-order valence-electron chi connectivity index (χ0n) is 29.2. The molecule has 0 unspecified atom stereocenters. The number of nitrogens with one attached hydrogen (secondary N) is 1. The number of benzene rings is 5. The second-order valence-corrected chi connectivity index (χ2v) is 15.2. The number of methoxy groups -OCH3 is 1. The van der Waals surface area contributed by atoms with Crippen LogP contribution in [-0.2, 0) is 14.6 Å². The summed E-state index contributed by atoms with van der Waals surface area (Å²) >= 11 is 1.24. The maximum absolute atomic E-state index is 13.2. The molecule has 0 aliphatic rings. The number of para-hydroxylation sites is 2. The minimum atomic E-state index is -3.36. The van der Waals surface area contributed by atoms with Gasteiger partial charge in [-0.3, -0.25) is 14.2 Å². The largest absolute Gasteiger partial charge is 0.497 e. The molecule has 5 aromatic carbocycles. The molecule has 0 fully saturated rings. The van der Waals surface area contributed by atoms with Crippen LogP contribution in [0, 0.1) is 0 Å². The highest BCUT2D eigenvalue weighted by Gasteiger charge is 2.21. The van der Waals surface area contributed by atoms with E-state index in [0.29, 0.717) is 27.9 Å². The van der Waals surface area contributed by atoms with Gasteiger partial charge in [0.25, 0.3) is 0 Å². The Hall–Kier alpha value is -6.37. The van der Waals surface area contributed by atoms with Gasteiger partial charge in [0.2, 0.25) is 5.91 Å². The predicted octanol–water partition coefficient (Wildman–Crippen LogP) is 8.19. The summed E-state index contributed by atoms with van der Waals surface area (Å²) in [6.07, 6.45) is 4.43. The number of carbonyl (C=O) groups is 2. The number of ether oxygens (including phenoxy) is 1. The van der Waals surface area contributed by atoms with Gasteiger partial charge in [0.15, 0.2) is 26.6 Å². The highest BCUT2D eigenvalue weighted by atomic mass is 32.2. The van der Waals surface area contributed by atoms with Crippen LogP contribution in [0.3, 0.4) is 0 Å². The summed E-state index contributed by atoms with van der Waals surface area (Å²) in [4.78, 5) is 31.0. The van der Waals surface area contributed by atoms with Gasteiger partial charge in [-0.25, -0.2) is 13.4 Å². The molecule has 0 radical (unpaired) electrons. The van der Waals surface area contributed by atoms with Crippen molar-refractivity contribution in [2.45, 2.75) is 10.1 Å². The summed E-state index contributed by atoms with van der Waals surface area (Å²) in [5, 5.41) is 13.4. The number of fused-ring (bicyclic) bond motifs is 1. The lowest BCUT2D eigenvalue weighted by Gasteiger charge is -2.13. The quantitative estimate of drug-likeness (QED) is 0.0746. The lowest BCUT2D eigenvalue weighted by atomic mass is 10.0. The summed E-state index contributed by atoms with van der Waals surface area (Å²) in [5.41, 5.74) is 5.61. The number of aromatic nitrogens is 4. The Balaban J connectivity index is 1.11. The fourth-order valence-corrected chi connectivity index (χ4v) is 7.14. The van der Waals surface area contributed by atoms with Crippen LogP contribution in [0.25, 0.3) is 45.3 Å². The molecule has 2 heterocycles. The first-order valence-corrected chi connectivity index (χ1v) is 19.6. The molecule has 12 heteroatoms. The van der Waals surface area contributed by atoms with Crippen LogP contribution in [0.4, 0.5) is 5.69 Å². The monoisotopic (exact) mass is 751 g/mol. The minimum Gasteiger partial charge on any atom is -0.497 e. The Labute approximate surface area is 316 Å². The maximum Gasteiger partial charge on any atom is 0.234 e. The standard InChI is InChI=1S/C42H33N5O5S2/c1-52-33-21-12-28(13-22-33)14-25-39(48)30-15-19-31(20-16-30)43-40(49)27-53-42-46-45-41(47(42)32-8-4-3-5-9-32)36-26-38(44-37-11-7-6-10-35(36)37)29-17-23-34(24-18-29)54(2,50)51/h3-26H,27H2,1-2H3,(H,43,49)/b25-14+. The number of rotatable bonds is 12. The molecule has 7 aromatic rings. The van der Waals surface area contributed by atoms with Crippen molar-refractivity contribution in [3.63, 3.8) is 0 Å². The zero-order valence-corrected chi connectivity index (χ0v) is 30.8. The van der Waals surface area contributed by atoms with E-state index in [1.807, 2.05) is 89.5 Å².